The minimum atomic E-state index is 0.732. The van der Waals surface area contributed by atoms with Gasteiger partial charge >= 0.3 is 0 Å². The topological polar surface area (TPSA) is 54.2 Å². The summed E-state index contributed by atoms with van der Waals surface area (Å²) in [7, 11) is 2.20. The van der Waals surface area contributed by atoms with Gasteiger partial charge in [0.25, 0.3) is 0 Å². The Hall–Kier alpha value is -1.33. The first-order valence-electron chi connectivity index (χ1n) is 6.79. The molecule has 19 heavy (non-hydrogen) atoms. The highest BCUT2D eigenvalue weighted by molar-refractivity contribution is 7.22. The Morgan fingerprint density at radius 3 is 3.26 bits per heavy atom. The number of nitrogens with zero attached hydrogens (tertiary/aromatic N) is 2. The fourth-order valence-corrected chi connectivity index (χ4v) is 3.61. The second kappa shape index (κ2) is 5.35. The second-order valence-corrected chi connectivity index (χ2v) is 6.43. The third kappa shape index (κ3) is 2.98. The van der Waals surface area contributed by atoms with Crippen LogP contribution >= 0.6 is 11.3 Å². The first kappa shape index (κ1) is 12.7. The molecule has 3 rings (SSSR count). The summed E-state index contributed by atoms with van der Waals surface area (Å²) < 4.78 is 1.16. The molecule has 1 unspecified atom stereocenters. The van der Waals surface area contributed by atoms with Crippen LogP contribution < -0.4 is 11.1 Å². The predicted octanol–water partition coefficient (Wildman–Crippen LogP) is 2.63. The van der Waals surface area contributed by atoms with E-state index in [9.17, 15) is 0 Å². The molecule has 0 saturated carbocycles. The SMILES string of the molecule is CN1CCCC(CNc2nc3ccc(N)cc3s2)C1. The number of likely N-dealkylation sites (tertiary alicyclic amines) is 1. The van der Waals surface area contributed by atoms with E-state index >= 15 is 0 Å². The first-order valence-corrected chi connectivity index (χ1v) is 7.61. The van der Waals surface area contributed by atoms with E-state index in [-0.39, 0.29) is 0 Å². The van der Waals surface area contributed by atoms with Crippen LogP contribution in [-0.4, -0.2) is 36.6 Å². The van der Waals surface area contributed by atoms with Crippen LogP contribution in [0.3, 0.4) is 0 Å². The molecule has 0 amide bonds. The molecule has 1 aliphatic rings. The van der Waals surface area contributed by atoms with Crippen molar-refractivity contribution in [3.05, 3.63) is 18.2 Å². The number of hydrogen-bond donors (Lipinski definition) is 2. The van der Waals surface area contributed by atoms with Crippen LogP contribution in [0.5, 0.6) is 0 Å². The van der Waals surface area contributed by atoms with Crippen LogP contribution in [0.25, 0.3) is 10.2 Å². The summed E-state index contributed by atoms with van der Waals surface area (Å²) in [5.74, 6) is 0.732. The predicted molar refractivity (Wildman–Crippen MR) is 82.7 cm³/mol. The Balaban J connectivity index is 1.65. The van der Waals surface area contributed by atoms with Crippen molar-refractivity contribution >= 4 is 32.4 Å². The summed E-state index contributed by atoms with van der Waals surface area (Å²) in [5.41, 5.74) is 7.62. The normalized spacial score (nSPS) is 20.8. The summed E-state index contributed by atoms with van der Waals surface area (Å²) in [6.45, 7) is 3.43. The minimum absolute atomic E-state index is 0.732. The Bertz CT molecular complexity index is 566. The van der Waals surface area contributed by atoms with Gasteiger partial charge in [-0.05, 0) is 50.6 Å². The maximum atomic E-state index is 5.79. The molecule has 5 heteroatoms. The number of aromatic nitrogens is 1. The smallest absolute Gasteiger partial charge is 0.183 e. The van der Waals surface area contributed by atoms with E-state index in [1.54, 1.807) is 11.3 Å². The number of rotatable bonds is 3. The van der Waals surface area contributed by atoms with Crippen molar-refractivity contribution < 1.29 is 0 Å². The molecule has 1 aromatic carbocycles. The number of hydrogen-bond acceptors (Lipinski definition) is 5. The first-order chi connectivity index (χ1) is 9.20. The van der Waals surface area contributed by atoms with Crippen LogP contribution in [0.15, 0.2) is 18.2 Å². The average Bonchev–Trinajstić information content (AvgIpc) is 2.78. The maximum absolute atomic E-state index is 5.79. The monoisotopic (exact) mass is 276 g/mol. The standard InChI is InChI=1S/C14H20N4S/c1-18-6-2-3-10(9-18)8-16-14-17-12-5-4-11(15)7-13(12)19-14/h4-5,7,10H,2-3,6,8-9,15H2,1H3,(H,16,17). The maximum Gasteiger partial charge on any atom is 0.183 e. The van der Waals surface area contributed by atoms with Crippen LogP contribution in [0.1, 0.15) is 12.8 Å². The lowest BCUT2D eigenvalue weighted by Crippen LogP contribution is -2.35. The third-order valence-corrected chi connectivity index (χ3v) is 4.65. The number of nitrogens with one attached hydrogen (secondary N) is 1. The van der Waals surface area contributed by atoms with E-state index in [0.29, 0.717) is 0 Å². The summed E-state index contributed by atoms with van der Waals surface area (Å²) in [6, 6.07) is 5.88. The molecule has 1 aromatic heterocycles. The van der Waals surface area contributed by atoms with Gasteiger partial charge in [0.2, 0.25) is 0 Å². The number of benzene rings is 1. The van der Waals surface area contributed by atoms with Gasteiger partial charge < -0.3 is 16.0 Å². The van der Waals surface area contributed by atoms with Gasteiger partial charge in [-0.3, -0.25) is 0 Å². The van der Waals surface area contributed by atoms with Crippen molar-refractivity contribution in [2.75, 3.05) is 37.7 Å². The molecule has 2 heterocycles. The number of fused-ring (bicyclic) bond motifs is 1. The summed E-state index contributed by atoms with van der Waals surface area (Å²) in [4.78, 5) is 7.01. The zero-order valence-electron chi connectivity index (χ0n) is 11.2. The second-order valence-electron chi connectivity index (χ2n) is 5.40. The largest absolute Gasteiger partial charge is 0.399 e. The molecule has 1 saturated heterocycles. The molecule has 3 N–H and O–H groups in total. The van der Waals surface area contributed by atoms with Crippen LogP contribution in [0, 0.1) is 5.92 Å². The number of thiazole rings is 1. The van der Waals surface area contributed by atoms with E-state index in [2.05, 4.69) is 22.2 Å². The minimum Gasteiger partial charge on any atom is -0.399 e. The van der Waals surface area contributed by atoms with Gasteiger partial charge in [0.05, 0.1) is 10.2 Å². The Labute approximate surface area is 117 Å². The molecule has 1 fully saturated rings. The fraction of sp³-hybridized carbons (Fsp3) is 0.500. The van der Waals surface area contributed by atoms with Gasteiger partial charge in [-0.15, -0.1) is 0 Å². The molecule has 1 atom stereocenters. The molecule has 0 radical (unpaired) electrons. The van der Waals surface area contributed by atoms with Crippen molar-refractivity contribution in [2.45, 2.75) is 12.8 Å². The van der Waals surface area contributed by atoms with E-state index in [1.807, 2.05) is 18.2 Å². The molecule has 1 aliphatic heterocycles. The Morgan fingerprint density at radius 2 is 2.42 bits per heavy atom. The van der Waals surface area contributed by atoms with Gasteiger partial charge in [0, 0.05) is 18.8 Å². The van der Waals surface area contributed by atoms with Crippen molar-refractivity contribution in [3.63, 3.8) is 0 Å². The highest BCUT2D eigenvalue weighted by atomic mass is 32.1. The van der Waals surface area contributed by atoms with Crippen molar-refractivity contribution in [1.29, 1.82) is 0 Å². The van der Waals surface area contributed by atoms with Gasteiger partial charge in [-0.1, -0.05) is 11.3 Å². The number of nitrogen functional groups attached to an aromatic ring is 1. The van der Waals surface area contributed by atoms with E-state index in [0.717, 1.165) is 33.5 Å². The van der Waals surface area contributed by atoms with Crippen LogP contribution in [0.4, 0.5) is 10.8 Å². The lowest BCUT2D eigenvalue weighted by atomic mass is 9.99. The fourth-order valence-electron chi connectivity index (χ4n) is 2.69. The lowest BCUT2D eigenvalue weighted by Gasteiger charge is -2.29. The van der Waals surface area contributed by atoms with Crippen molar-refractivity contribution in [3.8, 4) is 0 Å². The summed E-state index contributed by atoms with van der Waals surface area (Å²) >= 11 is 1.68. The Kier molecular flexibility index (Phi) is 3.57. The van der Waals surface area contributed by atoms with Crippen molar-refractivity contribution in [2.24, 2.45) is 5.92 Å². The molecule has 2 aromatic rings. The lowest BCUT2D eigenvalue weighted by molar-refractivity contribution is 0.217. The molecular weight excluding hydrogens is 256 g/mol. The van der Waals surface area contributed by atoms with E-state index < -0.39 is 0 Å². The van der Waals surface area contributed by atoms with Crippen LogP contribution in [0.2, 0.25) is 0 Å². The number of piperidine rings is 1. The molecular formula is C14H20N4S. The summed E-state index contributed by atoms with van der Waals surface area (Å²) in [5, 5.41) is 4.49. The molecule has 0 bridgehead atoms. The van der Waals surface area contributed by atoms with Gasteiger partial charge in [-0.25, -0.2) is 4.98 Å². The highest BCUT2D eigenvalue weighted by Crippen LogP contribution is 2.28. The highest BCUT2D eigenvalue weighted by Gasteiger charge is 2.17. The van der Waals surface area contributed by atoms with Crippen molar-refractivity contribution in [1.82, 2.24) is 9.88 Å². The zero-order valence-corrected chi connectivity index (χ0v) is 12.0. The number of anilines is 2. The van der Waals surface area contributed by atoms with Gasteiger partial charge in [0.15, 0.2) is 5.13 Å². The average molecular weight is 276 g/mol. The third-order valence-electron chi connectivity index (χ3n) is 3.68. The van der Waals surface area contributed by atoms with Gasteiger partial charge in [0.1, 0.15) is 0 Å². The van der Waals surface area contributed by atoms with E-state index in [1.165, 1.54) is 25.9 Å². The van der Waals surface area contributed by atoms with Gasteiger partial charge in [-0.2, -0.15) is 0 Å². The summed E-state index contributed by atoms with van der Waals surface area (Å²) in [6.07, 6.45) is 2.62. The zero-order chi connectivity index (χ0) is 13.2. The molecule has 0 spiro atoms. The quantitative estimate of drug-likeness (QED) is 0.846. The van der Waals surface area contributed by atoms with Crippen LogP contribution in [-0.2, 0) is 0 Å². The molecule has 4 nitrogen and oxygen atoms in total. The molecule has 0 aliphatic carbocycles. The van der Waals surface area contributed by atoms with E-state index in [4.69, 9.17) is 5.73 Å². The number of nitrogens with two attached hydrogens (primary N) is 1. The Morgan fingerprint density at radius 1 is 1.53 bits per heavy atom. The molecule has 102 valence electrons.